The molecule has 0 spiro atoms. The highest BCUT2D eigenvalue weighted by Crippen LogP contribution is 2.40. The van der Waals surface area contributed by atoms with Crippen molar-refractivity contribution in [2.75, 3.05) is 29.6 Å². The molecular formula is C22H21F3N8O2. The monoisotopic (exact) mass is 489 g/mol. The second-order valence-corrected chi connectivity index (χ2v) is 8.29. The van der Waals surface area contributed by atoms with Gasteiger partial charge in [-0.1, -0.05) is 6.07 Å². The number of fused-ring (bicyclic) bond motifs is 3. The van der Waals surface area contributed by atoms with Crippen molar-refractivity contribution in [3.63, 3.8) is 0 Å². The molecule has 2 amide bonds. The first-order chi connectivity index (χ1) is 17.8. The molecule has 0 unspecified atom stereocenters. The van der Waals surface area contributed by atoms with Crippen molar-refractivity contribution in [2.24, 2.45) is 5.92 Å². The Labute approximate surface area is 201 Å². The number of hydrogen-bond acceptors (Lipinski definition) is 7. The lowest BCUT2D eigenvalue weighted by molar-refractivity contribution is -0.141. The normalized spacial score (nSPS) is 16.3. The fraction of sp³-hybridized carbons (Fsp3) is 0.318. The Kier molecular flexibility index (Phi) is 4.52. The number of carbonyl (C=O) groups excluding carboxylic acids is 2. The maximum absolute atomic E-state index is 13.3. The average molecular weight is 489 g/mol. The molecule has 35 heavy (non-hydrogen) atoms. The lowest BCUT2D eigenvalue weighted by Crippen LogP contribution is -2.27. The third-order valence-electron chi connectivity index (χ3n) is 5.69. The first-order valence-electron chi connectivity index (χ1n) is 12.1. The highest BCUT2D eigenvalue weighted by molar-refractivity contribution is 6.00. The predicted molar refractivity (Wildman–Crippen MR) is 121 cm³/mol. The smallest absolute Gasteiger partial charge is 0.365 e. The quantitative estimate of drug-likeness (QED) is 0.504. The van der Waals surface area contributed by atoms with Gasteiger partial charge in [-0.25, -0.2) is 4.68 Å². The number of carbonyl (C=O) groups is 2. The number of rotatable bonds is 5. The summed E-state index contributed by atoms with van der Waals surface area (Å²) in [6.07, 6.45) is -3.12. The van der Waals surface area contributed by atoms with Gasteiger partial charge in [-0.2, -0.15) is 18.3 Å². The zero-order valence-electron chi connectivity index (χ0n) is 21.3. The van der Waals surface area contributed by atoms with Crippen molar-refractivity contribution < 1.29 is 26.9 Å². The topological polar surface area (TPSA) is 117 Å². The van der Waals surface area contributed by atoms with E-state index in [0.717, 1.165) is 18.9 Å². The molecule has 1 aromatic carbocycles. The molecule has 3 heterocycles. The van der Waals surface area contributed by atoms with Crippen LogP contribution in [0.1, 0.15) is 38.8 Å². The molecule has 1 fully saturated rings. The molecule has 3 aromatic rings. The number of amides is 2. The lowest BCUT2D eigenvalue weighted by Gasteiger charge is -2.30. The van der Waals surface area contributed by atoms with Gasteiger partial charge in [-0.05, 0) is 31.0 Å². The van der Waals surface area contributed by atoms with Crippen LogP contribution in [0.4, 0.5) is 36.1 Å². The van der Waals surface area contributed by atoms with Crippen LogP contribution in [0.25, 0.3) is 5.69 Å². The van der Waals surface area contributed by atoms with Gasteiger partial charge in [0.2, 0.25) is 5.91 Å². The summed E-state index contributed by atoms with van der Waals surface area (Å²) in [5.41, 5.74) is 0.169. The Morgan fingerprint density at radius 3 is 2.69 bits per heavy atom. The number of halogens is 3. The molecular weight excluding hydrogens is 465 g/mol. The van der Waals surface area contributed by atoms with Gasteiger partial charge in [0.1, 0.15) is 0 Å². The average Bonchev–Trinajstić information content (AvgIpc) is 3.56. The number of benzene rings is 1. The molecule has 1 saturated carbocycles. The summed E-state index contributed by atoms with van der Waals surface area (Å²) < 4.78 is 63.2. The highest BCUT2D eigenvalue weighted by Gasteiger charge is 2.37. The Hall–Kier alpha value is -4.16. The van der Waals surface area contributed by atoms with Crippen LogP contribution >= 0.6 is 0 Å². The third-order valence-corrected chi connectivity index (χ3v) is 5.69. The number of anilines is 4. The first-order valence-corrected chi connectivity index (χ1v) is 10.6. The summed E-state index contributed by atoms with van der Waals surface area (Å²) in [7, 11) is 1.68. The maximum atomic E-state index is 13.3. The first kappa shape index (κ1) is 19.2. The number of para-hydroxylation sites is 1. The van der Waals surface area contributed by atoms with E-state index in [2.05, 4.69) is 25.9 Å². The van der Waals surface area contributed by atoms with Crippen molar-refractivity contribution >= 4 is 34.7 Å². The fourth-order valence-corrected chi connectivity index (χ4v) is 3.90. The van der Waals surface area contributed by atoms with E-state index in [9.17, 15) is 22.8 Å². The van der Waals surface area contributed by atoms with Crippen LogP contribution in [-0.2, 0) is 17.5 Å². The number of alkyl halides is 3. The van der Waals surface area contributed by atoms with E-state index in [-0.39, 0.29) is 35.6 Å². The minimum absolute atomic E-state index is 0.0249. The minimum Gasteiger partial charge on any atom is -0.365 e. The number of aromatic nitrogens is 4. The molecule has 1 aliphatic heterocycles. The summed E-state index contributed by atoms with van der Waals surface area (Å²) in [4.78, 5) is 26.6. The van der Waals surface area contributed by atoms with Crippen LogP contribution < -0.4 is 20.9 Å². The molecule has 13 heteroatoms. The second kappa shape index (κ2) is 8.25. The molecule has 1 aliphatic carbocycles. The zero-order valence-corrected chi connectivity index (χ0v) is 18.3. The van der Waals surface area contributed by atoms with Gasteiger partial charge >= 0.3 is 6.18 Å². The summed E-state index contributed by atoms with van der Waals surface area (Å²) in [5, 5.41) is 18.9. The van der Waals surface area contributed by atoms with E-state index in [1.54, 1.807) is 30.1 Å². The lowest BCUT2D eigenvalue weighted by atomic mass is 10.1. The van der Waals surface area contributed by atoms with Crippen molar-refractivity contribution in [2.45, 2.75) is 25.6 Å². The molecule has 2 aliphatic rings. The molecule has 0 saturated heterocycles. The van der Waals surface area contributed by atoms with Gasteiger partial charge in [-0.3, -0.25) is 9.59 Å². The van der Waals surface area contributed by atoms with Gasteiger partial charge < -0.3 is 20.9 Å². The Bertz CT molecular complexity index is 1440. The van der Waals surface area contributed by atoms with E-state index in [4.69, 9.17) is 4.11 Å². The molecule has 0 bridgehead atoms. The Balaban J connectivity index is 1.55. The summed E-state index contributed by atoms with van der Waals surface area (Å²) in [6.45, 7) is -2.69. The van der Waals surface area contributed by atoms with Gasteiger partial charge in [-0.15, -0.1) is 10.2 Å². The van der Waals surface area contributed by atoms with E-state index in [1.807, 2.05) is 5.32 Å². The minimum atomic E-state index is -4.62. The van der Waals surface area contributed by atoms with Crippen molar-refractivity contribution in [1.82, 2.24) is 25.3 Å². The van der Waals surface area contributed by atoms with Gasteiger partial charge in [0.05, 0.1) is 35.0 Å². The zero-order chi connectivity index (χ0) is 27.4. The third kappa shape index (κ3) is 4.24. The second-order valence-electron chi connectivity index (χ2n) is 8.29. The van der Waals surface area contributed by atoms with Crippen molar-refractivity contribution in [1.29, 1.82) is 0 Å². The number of hydrogen-bond donors (Lipinski definition) is 3. The van der Waals surface area contributed by atoms with Gasteiger partial charge in [0.25, 0.3) is 5.91 Å². The largest absolute Gasteiger partial charge is 0.435 e. The van der Waals surface area contributed by atoms with Gasteiger partial charge in [0.15, 0.2) is 17.2 Å². The molecule has 2 aromatic heterocycles. The fourth-order valence-electron chi connectivity index (χ4n) is 3.90. The van der Waals surface area contributed by atoms with Crippen LogP contribution in [0.2, 0.25) is 0 Å². The van der Waals surface area contributed by atoms with Crippen LogP contribution in [0.5, 0.6) is 0 Å². The summed E-state index contributed by atoms with van der Waals surface area (Å²) in [6, 6.07) is 7.14. The van der Waals surface area contributed by atoms with E-state index in [1.165, 1.54) is 10.7 Å². The molecule has 10 nitrogen and oxygen atoms in total. The van der Waals surface area contributed by atoms with E-state index in [0.29, 0.717) is 22.8 Å². The highest BCUT2D eigenvalue weighted by atomic mass is 19.4. The van der Waals surface area contributed by atoms with Gasteiger partial charge in [0, 0.05) is 30.1 Å². The SMILES string of the molecule is [2H]C([2H])([2H])NC(=O)c1nnc(NC(=O)C2CC2)cc1Nc1cccc2c1N(C)Cc1cc(C(F)(F)F)nn1-2. The van der Waals surface area contributed by atoms with Crippen LogP contribution in [0.15, 0.2) is 30.3 Å². The van der Waals surface area contributed by atoms with E-state index < -0.39 is 24.8 Å². The molecule has 3 N–H and O–H groups in total. The van der Waals surface area contributed by atoms with Crippen LogP contribution in [0, 0.1) is 5.92 Å². The van der Waals surface area contributed by atoms with E-state index >= 15 is 0 Å². The van der Waals surface area contributed by atoms with Crippen molar-refractivity contribution in [3.05, 3.63) is 47.4 Å². The van der Waals surface area contributed by atoms with Crippen LogP contribution in [-0.4, -0.2) is 45.8 Å². The Morgan fingerprint density at radius 2 is 1.97 bits per heavy atom. The molecule has 182 valence electrons. The molecule has 5 rings (SSSR count). The summed E-state index contributed by atoms with van der Waals surface area (Å²) >= 11 is 0. The predicted octanol–water partition coefficient (Wildman–Crippen LogP) is 3.08. The number of nitrogens with one attached hydrogen (secondary N) is 3. The summed E-state index contributed by atoms with van der Waals surface area (Å²) in [5.74, 6) is -1.39. The van der Waals surface area contributed by atoms with Crippen molar-refractivity contribution in [3.8, 4) is 5.69 Å². The standard InChI is InChI=1S/C22H21F3N8O2/c1-26-21(35)18-14(9-17(29-30-18)28-20(34)11-6-7-11)27-13-4-3-5-15-19(13)32(2)10-12-8-16(22(23,24)25)31-33(12)15/h3-5,8-9,11H,6-7,10H2,1-2H3,(H,26,35)(H2,27,28,29,34)/i1D3. The Morgan fingerprint density at radius 1 is 1.17 bits per heavy atom. The molecule has 0 atom stereocenters. The molecule has 0 radical (unpaired) electrons. The maximum Gasteiger partial charge on any atom is 0.435 e. The van der Waals surface area contributed by atoms with Crippen LogP contribution in [0.3, 0.4) is 0 Å². The number of nitrogens with zero attached hydrogens (tertiary/aromatic N) is 5.